The molecule has 0 saturated heterocycles. The summed E-state index contributed by atoms with van der Waals surface area (Å²) in [4.78, 5) is 0. The molecule has 1 aromatic rings. The maximum absolute atomic E-state index is 3.52. The van der Waals surface area contributed by atoms with Crippen LogP contribution in [0.25, 0.3) is 0 Å². The fourth-order valence-electron chi connectivity index (χ4n) is 0.984. The van der Waals surface area contributed by atoms with E-state index in [4.69, 9.17) is 0 Å². The van der Waals surface area contributed by atoms with Crippen LogP contribution in [-0.4, -0.2) is 10.2 Å². The fourth-order valence-corrected chi connectivity index (χ4v) is 2.32. The van der Waals surface area contributed by atoms with Crippen LogP contribution in [0, 0.1) is 3.57 Å². The zero-order valence-electron chi connectivity index (χ0n) is 6.40. The van der Waals surface area contributed by atoms with Crippen LogP contribution in [0.15, 0.2) is 22.7 Å². The first-order chi connectivity index (χ1) is 5.24. The Hall–Kier alpha value is 0.647. The largest absolute Gasteiger partial charge is 0.0619 e. The van der Waals surface area contributed by atoms with Gasteiger partial charge in [0, 0.05) is 18.3 Å². The third-order valence-electron chi connectivity index (χ3n) is 1.52. The second kappa shape index (κ2) is 4.62. The Morgan fingerprint density at radius 3 is 2.73 bits per heavy atom. The Kier molecular flexibility index (Phi) is 4.09. The SMILES string of the molecule is [SiH3]CCc1ccc(I)c(Br)c1. The van der Waals surface area contributed by atoms with Crippen molar-refractivity contribution in [2.45, 2.75) is 12.5 Å². The van der Waals surface area contributed by atoms with E-state index in [0.717, 1.165) is 0 Å². The second-order valence-corrected chi connectivity index (χ2v) is 5.51. The van der Waals surface area contributed by atoms with Gasteiger partial charge in [0.05, 0.1) is 0 Å². The first-order valence-electron chi connectivity index (χ1n) is 3.68. The summed E-state index contributed by atoms with van der Waals surface area (Å²) in [6, 6.07) is 7.95. The lowest BCUT2D eigenvalue weighted by molar-refractivity contribution is 1.13. The molecular weight excluding hydrogens is 331 g/mol. The van der Waals surface area contributed by atoms with Crippen LogP contribution >= 0.6 is 38.5 Å². The molecule has 0 nitrogen and oxygen atoms in total. The summed E-state index contributed by atoms with van der Waals surface area (Å²) >= 11 is 5.85. The predicted molar refractivity (Wildman–Crippen MR) is 65.3 cm³/mol. The molecule has 0 N–H and O–H groups in total. The lowest BCUT2D eigenvalue weighted by Gasteiger charge is -2.00. The molecule has 0 saturated carbocycles. The summed E-state index contributed by atoms with van der Waals surface area (Å²) in [6.45, 7) is 0. The van der Waals surface area contributed by atoms with Gasteiger partial charge in [0.25, 0.3) is 0 Å². The van der Waals surface area contributed by atoms with Crippen LogP contribution in [0.5, 0.6) is 0 Å². The van der Waals surface area contributed by atoms with Gasteiger partial charge in [-0.1, -0.05) is 12.1 Å². The molecule has 0 aliphatic carbocycles. The van der Waals surface area contributed by atoms with E-state index in [-0.39, 0.29) is 0 Å². The third-order valence-corrected chi connectivity index (χ3v) is 4.36. The van der Waals surface area contributed by atoms with Crippen LogP contribution in [0.4, 0.5) is 0 Å². The molecule has 0 aliphatic rings. The smallest absolute Gasteiger partial charge is 0.0311 e. The van der Waals surface area contributed by atoms with Gasteiger partial charge in [-0.15, -0.1) is 0 Å². The molecule has 60 valence electrons. The first kappa shape index (κ1) is 9.73. The summed E-state index contributed by atoms with van der Waals surface area (Å²) in [5, 5.41) is 0. The van der Waals surface area contributed by atoms with Crippen LogP contribution in [0.3, 0.4) is 0 Å². The quantitative estimate of drug-likeness (QED) is 0.573. The highest BCUT2D eigenvalue weighted by Crippen LogP contribution is 2.20. The highest BCUT2D eigenvalue weighted by atomic mass is 127. The molecule has 1 rings (SSSR count). The molecule has 0 fully saturated rings. The minimum absolute atomic E-state index is 1.23. The zero-order chi connectivity index (χ0) is 8.27. The van der Waals surface area contributed by atoms with Gasteiger partial charge in [-0.25, -0.2) is 0 Å². The van der Waals surface area contributed by atoms with Crippen molar-refractivity contribution in [2.24, 2.45) is 0 Å². The van der Waals surface area contributed by atoms with Crippen molar-refractivity contribution in [3.8, 4) is 0 Å². The molecular formula is C8H10BrISi. The number of rotatable bonds is 2. The van der Waals surface area contributed by atoms with E-state index in [2.05, 4.69) is 56.7 Å². The predicted octanol–water partition coefficient (Wildman–Crippen LogP) is 2.38. The molecule has 0 aromatic heterocycles. The van der Waals surface area contributed by atoms with E-state index in [9.17, 15) is 0 Å². The number of benzene rings is 1. The lowest BCUT2D eigenvalue weighted by atomic mass is 10.2. The monoisotopic (exact) mass is 340 g/mol. The van der Waals surface area contributed by atoms with Crippen LogP contribution in [0.1, 0.15) is 5.56 Å². The van der Waals surface area contributed by atoms with Crippen LogP contribution < -0.4 is 0 Å². The maximum Gasteiger partial charge on any atom is 0.0311 e. The Balaban J connectivity index is 2.86. The molecule has 1 aromatic carbocycles. The van der Waals surface area contributed by atoms with Gasteiger partial charge in [0.2, 0.25) is 0 Å². The van der Waals surface area contributed by atoms with Gasteiger partial charge in [-0.3, -0.25) is 0 Å². The van der Waals surface area contributed by atoms with Crippen molar-refractivity contribution >= 4 is 48.8 Å². The average Bonchev–Trinajstić information content (AvgIpc) is 1.98. The summed E-state index contributed by atoms with van der Waals surface area (Å²) in [5.74, 6) is 0. The molecule has 0 heterocycles. The normalized spacial score (nSPS) is 10.4. The maximum atomic E-state index is 3.52. The average molecular weight is 341 g/mol. The Labute approximate surface area is 92.5 Å². The van der Waals surface area contributed by atoms with Gasteiger partial charge < -0.3 is 0 Å². The minimum Gasteiger partial charge on any atom is -0.0619 e. The van der Waals surface area contributed by atoms with Gasteiger partial charge in [0.15, 0.2) is 0 Å². The molecule has 0 spiro atoms. The molecule has 3 heteroatoms. The number of halogens is 2. The topological polar surface area (TPSA) is 0 Å². The van der Waals surface area contributed by atoms with Gasteiger partial charge in [-0.05, 0) is 62.6 Å². The summed E-state index contributed by atoms with van der Waals surface area (Å²) in [6.07, 6.45) is 1.24. The van der Waals surface area contributed by atoms with Crippen molar-refractivity contribution in [3.63, 3.8) is 0 Å². The second-order valence-electron chi connectivity index (χ2n) is 2.50. The van der Waals surface area contributed by atoms with E-state index in [1.54, 1.807) is 0 Å². The molecule has 0 bridgehead atoms. The van der Waals surface area contributed by atoms with Crippen molar-refractivity contribution in [1.29, 1.82) is 0 Å². The highest BCUT2D eigenvalue weighted by molar-refractivity contribution is 14.1. The first-order valence-corrected chi connectivity index (χ1v) is 6.96. The molecule has 0 atom stereocenters. The van der Waals surface area contributed by atoms with Gasteiger partial charge in [-0.2, -0.15) is 0 Å². The Morgan fingerprint density at radius 2 is 2.18 bits per heavy atom. The Bertz CT molecular complexity index is 250. The number of hydrogen-bond acceptors (Lipinski definition) is 0. The molecule has 0 unspecified atom stereocenters. The minimum atomic E-state index is 1.23. The van der Waals surface area contributed by atoms with Crippen LogP contribution in [0.2, 0.25) is 6.04 Å². The molecule has 0 aliphatic heterocycles. The van der Waals surface area contributed by atoms with Crippen molar-refractivity contribution < 1.29 is 0 Å². The summed E-state index contributed by atoms with van der Waals surface area (Å²) < 4.78 is 2.52. The van der Waals surface area contributed by atoms with E-state index in [1.807, 2.05) is 0 Å². The fraction of sp³-hybridized carbons (Fsp3) is 0.250. The number of aryl methyl sites for hydroxylation is 1. The third kappa shape index (κ3) is 2.87. The molecule has 11 heavy (non-hydrogen) atoms. The van der Waals surface area contributed by atoms with Crippen LogP contribution in [-0.2, 0) is 6.42 Å². The highest BCUT2D eigenvalue weighted by Gasteiger charge is 1.96. The zero-order valence-corrected chi connectivity index (χ0v) is 12.1. The standard InChI is InChI=1S/C8H10BrISi/c9-7-5-6(3-4-11)1-2-8(7)10/h1-2,5H,3-4H2,11H3. The van der Waals surface area contributed by atoms with E-state index in [0.29, 0.717) is 0 Å². The molecule has 0 radical (unpaired) electrons. The summed E-state index contributed by atoms with van der Waals surface area (Å²) in [7, 11) is 1.30. The number of hydrogen-bond donors (Lipinski definition) is 0. The van der Waals surface area contributed by atoms with E-state index in [1.165, 1.54) is 36.3 Å². The van der Waals surface area contributed by atoms with Crippen molar-refractivity contribution in [1.82, 2.24) is 0 Å². The van der Waals surface area contributed by atoms with Crippen molar-refractivity contribution in [3.05, 3.63) is 31.8 Å². The summed E-state index contributed by atoms with van der Waals surface area (Å²) in [5.41, 5.74) is 1.45. The Morgan fingerprint density at radius 1 is 1.45 bits per heavy atom. The van der Waals surface area contributed by atoms with Gasteiger partial charge in [0.1, 0.15) is 0 Å². The molecule has 0 amide bonds. The van der Waals surface area contributed by atoms with Crippen molar-refractivity contribution in [2.75, 3.05) is 0 Å². The van der Waals surface area contributed by atoms with E-state index >= 15 is 0 Å². The van der Waals surface area contributed by atoms with E-state index < -0.39 is 0 Å². The van der Waals surface area contributed by atoms with Gasteiger partial charge >= 0.3 is 0 Å². The lowest BCUT2D eigenvalue weighted by Crippen LogP contribution is -1.84.